The van der Waals surface area contributed by atoms with Crippen LogP contribution in [0.4, 0.5) is 5.69 Å². The minimum atomic E-state index is -1.57. The van der Waals surface area contributed by atoms with Crippen LogP contribution in [0, 0.1) is 10.1 Å². The summed E-state index contributed by atoms with van der Waals surface area (Å²) < 4.78 is 0. The van der Waals surface area contributed by atoms with E-state index in [9.17, 15) is 29.6 Å². The van der Waals surface area contributed by atoms with Crippen molar-refractivity contribution in [1.82, 2.24) is 15.6 Å². The van der Waals surface area contributed by atoms with Gasteiger partial charge in [0.25, 0.3) is 5.69 Å². The molecule has 3 atom stereocenters. The number of H-pyrrole nitrogens is 1. The zero-order chi connectivity index (χ0) is 23.7. The number of fused-ring (bicyclic) bond motifs is 3. The van der Waals surface area contributed by atoms with Crippen molar-refractivity contribution in [2.24, 2.45) is 0 Å². The minimum Gasteiger partial charge on any atom is -0.481 e. The molecule has 1 aromatic heterocycles. The molecule has 5 N–H and O–H groups in total. The Balaban J connectivity index is 1.70. The Morgan fingerprint density at radius 3 is 2.45 bits per heavy atom. The average molecular weight is 452 g/mol. The van der Waals surface area contributed by atoms with E-state index in [4.69, 9.17) is 5.11 Å². The highest BCUT2D eigenvalue weighted by Gasteiger charge is 2.35. The van der Waals surface area contributed by atoms with Crippen LogP contribution < -0.4 is 10.6 Å². The van der Waals surface area contributed by atoms with E-state index >= 15 is 0 Å². The van der Waals surface area contributed by atoms with Gasteiger partial charge in [-0.2, -0.15) is 0 Å². The third kappa shape index (κ3) is 4.39. The molecular weight excluding hydrogens is 432 g/mol. The van der Waals surface area contributed by atoms with E-state index in [0.717, 1.165) is 22.2 Å². The van der Waals surface area contributed by atoms with E-state index in [1.807, 2.05) is 24.3 Å². The summed E-state index contributed by atoms with van der Waals surface area (Å²) in [5.74, 6) is -3.44. The van der Waals surface area contributed by atoms with Crippen molar-refractivity contribution in [2.75, 3.05) is 0 Å². The van der Waals surface area contributed by atoms with Crippen molar-refractivity contribution in [2.45, 2.75) is 31.0 Å². The first-order valence-electron chi connectivity index (χ1n) is 10.1. The first kappa shape index (κ1) is 22.0. The number of carbonyl (C=O) groups is 3. The fourth-order valence-corrected chi connectivity index (χ4v) is 4.10. The van der Waals surface area contributed by atoms with Crippen LogP contribution in [-0.4, -0.2) is 50.0 Å². The number of nitrogens with one attached hydrogen (secondary N) is 3. The van der Waals surface area contributed by atoms with Gasteiger partial charge in [0, 0.05) is 28.7 Å². The summed E-state index contributed by atoms with van der Waals surface area (Å²) in [5.41, 5.74) is 3.11. The molecule has 4 rings (SSSR count). The highest BCUT2D eigenvalue weighted by atomic mass is 16.6. The van der Waals surface area contributed by atoms with Crippen molar-refractivity contribution in [1.29, 1.82) is 0 Å². The van der Waals surface area contributed by atoms with Crippen LogP contribution in [0.5, 0.6) is 0 Å². The number of nitro benzene ring substituents is 1. The third-order valence-electron chi connectivity index (χ3n) is 5.66. The first-order valence-corrected chi connectivity index (χ1v) is 10.1. The quantitative estimate of drug-likeness (QED) is 0.266. The maximum absolute atomic E-state index is 13.0. The number of rotatable bonds is 7. The summed E-state index contributed by atoms with van der Waals surface area (Å²) >= 11 is 0. The molecule has 0 saturated heterocycles. The second-order valence-corrected chi connectivity index (χ2v) is 7.77. The fraction of sp³-hybridized carbons (Fsp3) is 0.227. The number of hydrogen-bond donors (Lipinski definition) is 5. The molecule has 0 unspecified atom stereocenters. The predicted octanol–water partition coefficient (Wildman–Crippen LogP) is 1.72. The molecule has 170 valence electrons. The summed E-state index contributed by atoms with van der Waals surface area (Å²) in [4.78, 5) is 49.2. The number of nitrogens with zero attached hydrogens (tertiary/aromatic N) is 1. The van der Waals surface area contributed by atoms with Gasteiger partial charge >= 0.3 is 11.9 Å². The molecule has 1 aliphatic rings. The van der Waals surface area contributed by atoms with Crippen LogP contribution in [0.2, 0.25) is 0 Å². The number of carbonyl (C=O) groups excluding carboxylic acids is 1. The van der Waals surface area contributed by atoms with Crippen molar-refractivity contribution in [3.63, 3.8) is 0 Å². The molecule has 11 nitrogen and oxygen atoms in total. The molecule has 0 aliphatic carbocycles. The highest BCUT2D eigenvalue weighted by Crippen LogP contribution is 2.35. The molecular formula is C22H20N4O7. The Labute approximate surface area is 186 Å². The molecule has 11 heteroatoms. The van der Waals surface area contributed by atoms with Gasteiger partial charge in [0.1, 0.15) is 6.04 Å². The SMILES string of the molecule is O=C(O)C[C@H](NC(=O)[C@@H]1Cc2c([nH]c3ccccc23)[C@@H](c2ccc([N+](=O)[O-])cc2)N1)C(=O)O. The lowest BCUT2D eigenvalue weighted by atomic mass is 9.89. The number of hydrogen-bond acceptors (Lipinski definition) is 6. The van der Waals surface area contributed by atoms with Gasteiger partial charge in [-0.25, -0.2) is 4.79 Å². The van der Waals surface area contributed by atoms with Crippen molar-refractivity contribution < 1.29 is 29.5 Å². The number of benzene rings is 2. The van der Waals surface area contributed by atoms with Crippen LogP contribution in [-0.2, 0) is 20.8 Å². The predicted molar refractivity (Wildman–Crippen MR) is 116 cm³/mol. The maximum Gasteiger partial charge on any atom is 0.326 e. The number of non-ortho nitro benzene ring substituents is 1. The number of aromatic amines is 1. The van der Waals surface area contributed by atoms with Gasteiger partial charge in [0.15, 0.2) is 0 Å². The van der Waals surface area contributed by atoms with E-state index in [-0.39, 0.29) is 12.1 Å². The molecule has 0 spiro atoms. The molecule has 2 aromatic carbocycles. The van der Waals surface area contributed by atoms with Crippen LogP contribution >= 0.6 is 0 Å². The summed E-state index contributed by atoms with van der Waals surface area (Å²) in [5, 5.41) is 35.6. The molecule has 2 heterocycles. The second kappa shape index (κ2) is 8.71. The van der Waals surface area contributed by atoms with E-state index in [2.05, 4.69) is 15.6 Å². The molecule has 0 radical (unpaired) electrons. The van der Waals surface area contributed by atoms with E-state index in [1.54, 1.807) is 12.1 Å². The Bertz CT molecular complexity index is 1250. The lowest BCUT2D eigenvalue weighted by Gasteiger charge is -2.31. The molecule has 33 heavy (non-hydrogen) atoms. The standard InChI is InChI=1S/C22H20N4O7/c27-18(28)10-17(22(30)31)25-21(29)16-9-14-13-3-1-2-4-15(13)23-20(14)19(24-16)11-5-7-12(8-6-11)26(32)33/h1-8,16-17,19,23-24H,9-10H2,(H,25,29)(H,27,28)(H,30,31)/t16-,17-,19+/m0/s1. The number of para-hydroxylation sites is 1. The summed E-state index contributed by atoms with van der Waals surface area (Å²) in [6, 6.07) is 10.5. The van der Waals surface area contributed by atoms with Crippen LogP contribution in [0.1, 0.15) is 29.3 Å². The highest BCUT2D eigenvalue weighted by molar-refractivity contribution is 5.91. The smallest absolute Gasteiger partial charge is 0.326 e. The van der Waals surface area contributed by atoms with Gasteiger partial charge in [0.2, 0.25) is 5.91 Å². The summed E-state index contributed by atoms with van der Waals surface area (Å²) in [7, 11) is 0. The number of carboxylic acid groups (broad SMARTS) is 2. The maximum atomic E-state index is 13.0. The third-order valence-corrected chi connectivity index (χ3v) is 5.66. The lowest BCUT2D eigenvalue weighted by molar-refractivity contribution is -0.384. The second-order valence-electron chi connectivity index (χ2n) is 7.77. The van der Waals surface area contributed by atoms with Crippen molar-refractivity contribution >= 4 is 34.4 Å². The van der Waals surface area contributed by atoms with Crippen LogP contribution in [0.15, 0.2) is 48.5 Å². The molecule has 3 aromatic rings. The van der Waals surface area contributed by atoms with Crippen LogP contribution in [0.25, 0.3) is 10.9 Å². The normalized spacial score (nSPS) is 18.3. The Kier molecular flexibility index (Phi) is 5.80. The Hall–Kier alpha value is -4.25. The molecule has 0 bridgehead atoms. The van der Waals surface area contributed by atoms with Gasteiger partial charge in [-0.05, 0) is 23.6 Å². The molecule has 1 aliphatic heterocycles. The number of nitro groups is 1. The van der Waals surface area contributed by atoms with Crippen molar-refractivity contribution in [3.05, 3.63) is 75.5 Å². The molecule has 0 fully saturated rings. The lowest BCUT2D eigenvalue weighted by Crippen LogP contribution is -2.54. The first-order chi connectivity index (χ1) is 15.7. The van der Waals surface area contributed by atoms with Crippen LogP contribution in [0.3, 0.4) is 0 Å². The van der Waals surface area contributed by atoms with Gasteiger partial charge in [-0.3, -0.25) is 25.0 Å². The zero-order valence-electron chi connectivity index (χ0n) is 17.1. The average Bonchev–Trinajstić information content (AvgIpc) is 3.16. The Morgan fingerprint density at radius 2 is 1.82 bits per heavy atom. The van der Waals surface area contributed by atoms with E-state index < -0.39 is 47.3 Å². The largest absolute Gasteiger partial charge is 0.481 e. The van der Waals surface area contributed by atoms with Crippen molar-refractivity contribution in [3.8, 4) is 0 Å². The van der Waals surface area contributed by atoms with E-state index in [1.165, 1.54) is 12.1 Å². The van der Waals surface area contributed by atoms with Gasteiger partial charge in [-0.15, -0.1) is 0 Å². The van der Waals surface area contributed by atoms with Gasteiger partial charge in [-0.1, -0.05) is 30.3 Å². The number of amides is 1. The summed E-state index contributed by atoms with van der Waals surface area (Å²) in [6.45, 7) is 0. The topological polar surface area (TPSA) is 175 Å². The summed E-state index contributed by atoms with van der Waals surface area (Å²) in [6.07, 6.45) is -0.508. The molecule has 1 amide bonds. The fourth-order valence-electron chi connectivity index (χ4n) is 4.10. The van der Waals surface area contributed by atoms with Gasteiger partial charge in [0.05, 0.1) is 23.4 Å². The van der Waals surface area contributed by atoms with Gasteiger partial charge < -0.3 is 20.5 Å². The number of carboxylic acids is 2. The number of aliphatic carboxylic acids is 2. The van der Waals surface area contributed by atoms with E-state index in [0.29, 0.717) is 5.56 Å². The molecule has 0 saturated carbocycles. The monoisotopic (exact) mass is 452 g/mol. The minimum absolute atomic E-state index is 0.0707. The number of aromatic nitrogens is 1. The zero-order valence-corrected chi connectivity index (χ0v) is 17.1. The Morgan fingerprint density at radius 1 is 1.12 bits per heavy atom.